The van der Waals surface area contributed by atoms with Crippen LogP contribution in [0.1, 0.15) is 22.6 Å². The van der Waals surface area contributed by atoms with Crippen molar-refractivity contribution in [3.05, 3.63) is 17.5 Å². The summed E-state index contributed by atoms with van der Waals surface area (Å²) in [6, 6.07) is 1.74. The molecule has 0 atom stereocenters. The van der Waals surface area contributed by atoms with Crippen LogP contribution in [0.3, 0.4) is 0 Å². The molecule has 0 fully saturated rings. The molecule has 0 aliphatic carbocycles. The van der Waals surface area contributed by atoms with Crippen LogP contribution in [-0.4, -0.2) is 41.1 Å². The maximum absolute atomic E-state index is 11.7. The van der Waals surface area contributed by atoms with Gasteiger partial charge < -0.3 is 10.6 Å². The summed E-state index contributed by atoms with van der Waals surface area (Å²) in [6.07, 6.45) is 0.811. The third-order valence-electron chi connectivity index (χ3n) is 1.97. The van der Waals surface area contributed by atoms with E-state index in [0.29, 0.717) is 18.8 Å². The first kappa shape index (κ1) is 10.7. The molecule has 0 aliphatic heterocycles. The minimum absolute atomic E-state index is 0.0669. The Hall–Kier alpha value is -1.36. The maximum Gasteiger partial charge on any atom is 0.274 e. The number of nitrogens with zero attached hydrogens (tertiary/aromatic N) is 2. The van der Waals surface area contributed by atoms with Gasteiger partial charge in [-0.3, -0.25) is 9.89 Å². The third kappa shape index (κ3) is 2.56. The monoisotopic (exact) mass is 196 g/mol. The molecule has 1 heterocycles. The molecule has 5 nitrogen and oxygen atoms in total. The standard InChI is InChI=1S/C9H16N4O/c1-7-6-8(12-11-7)9(14)13(2)5-3-4-10/h6H,3-5,10H2,1-2H3,(H,11,12). The number of hydrogen-bond donors (Lipinski definition) is 2. The number of nitrogens with two attached hydrogens (primary N) is 1. The Balaban J connectivity index is 2.56. The number of hydrogen-bond acceptors (Lipinski definition) is 3. The molecular formula is C9H16N4O. The zero-order valence-corrected chi connectivity index (χ0v) is 8.58. The van der Waals surface area contributed by atoms with Crippen molar-refractivity contribution in [2.75, 3.05) is 20.1 Å². The lowest BCUT2D eigenvalue weighted by Gasteiger charge is -2.14. The highest BCUT2D eigenvalue weighted by Crippen LogP contribution is 2.02. The molecule has 78 valence electrons. The highest BCUT2D eigenvalue weighted by atomic mass is 16.2. The van der Waals surface area contributed by atoms with Gasteiger partial charge in [0.25, 0.3) is 5.91 Å². The minimum atomic E-state index is -0.0669. The lowest BCUT2D eigenvalue weighted by Crippen LogP contribution is -2.29. The van der Waals surface area contributed by atoms with Crippen LogP contribution >= 0.6 is 0 Å². The van der Waals surface area contributed by atoms with E-state index < -0.39 is 0 Å². The predicted molar refractivity (Wildman–Crippen MR) is 54.0 cm³/mol. The number of nitrogens with one attached hydrogen (secondary N) is 1. The van der Waals surface area contributed by atoms with Crippen molar-refractivity contribution >= 4 is 5.91 Å². The molecule has 0 radical (unpaired) electrons. The Morgan fingerprint density at radius 2 is 2.43 bits per heavy atom. The second-order valence-electron chi connectivity index (χ2n) is 3.31. The highest BCUT2D eigenvalue weighted by molar-refractivity contribution is 5.92. The van der Waals surface area contributed by atoms with Gasteiger partial charge in [-0.1, -0.05) is 0 Å². The van der Waals surface area contributed by atoms with Crippen molar-refractivity contribution in [1.82, 2.24) is 15.1 Å². The zero-order chi connectivity index (χ0) is 10.6. The van der Waals surface area contributed by atoms with Crippen LogP contribution in [0.2, 0.25) is 0 Å². The number of aryl methyl sites for hydroxylation is 1. The summed E-state index contributed by atoms with van der Waals surface area (Å²) >= 11 is 0. The Bertz CT molecular complexity index is 308. The van der Waals surface area contributed by atoms with Gasteiger partial charge in [-0.25, -0.2) is 0 Å². The molecule has 0 unspecified atom stereocenters. The van der Waals surface area contributed by atoms with Gasteiger partial charge in [0.2, 0.25) is 0 Å². The molecule has 0 saturated carbocycles. The fourth-order valence-electron chi connectivity index (χ4n) is 1.15. The molecule has 3 N–H and O–H groups in total. The fraction of sp³-hybridized carbons (Fsp3) is 0.556. The van der Waals surface area contributed by atoms with Gasteiger partial charge in [0, 0.05) is 19.3 Å². The molecule has 0 saturated heterocycles. The van der Waals surface area contributed by atoms with Crippen LogP contribution in [0.15, 0.2) is 6.07 Å². The van der Waals surface area contributed by atoms with Gasteiger partial charge >= 0.3 is 0 Å². The van der Waals surface area contributed by atoms with Crippen molar-refractivity contribution < 1.29 is 4.79 Å². The lowest BCUT2D eigenvalue weighted by atomic mass is 10.3. The number of aromatic amines is 1. The van der Waals surface area contributed by atoms with Crippen LogP contribution in [0.4, 0.5) is 0 Å². The quantitative estimate of drug-likeness (QED) is 0.719. The number of rotatable bonds is 4. The fourth-order valence-corrected chi connectivity index (χ4v) is 1.15. The Kier molecular flexibility index (Phi) is 3.64. The molecule has 0 aliphatic rings. The summed E-state index contributed by atoms with van der Waals surface area (Å²) in [5, 5.41) is 6.64. The van der Waals surface area contributed by atoms with E-state index in [1.54, 1.807) is 18.0 Å². The summed E-state index contributed by atoms with van der Waals surface area (Å²) < 4.78 is 0. The summed E-state index contributed by atoms with van der Waals surface area (Å²) in [6.45, 7) is 3.13. The molecular weight excluding hydrogens is 180 g/mol. The van der Waals surface area contributed by atoms with Crippen LogP contribution in [0.25, 0.3) is 0 Å². The summed E-state index contributed by atoms with van der Waals surface area (Å²) in [7, 11) is 1.75. The van der Waals surface area contributed by atoms with Gasteiger partial charge in [0.15, 0.2) is 0 Å². The van der Waals surface area contributed by atoms with Crippen LogP contribution in [0.5, 0.6) is 0 Å². The SMILES string of the molecule is Cc1cc(C(=O)N(C)CCCN)n[nH]1. The third-order valence-corrected chi connectivity index (χ3v) is 1.97. The average Bonchev–Trinajstić information content (AvgIpc) is 2.60. The van der Waals surface area contributed by atoms with Crippen LogP contribution in [-0.2, 0) is 0 Å². The van der Waals surface area contributed by atoms with Crippen LogP contribution in [0, 0.1) is 6.92 Å². The van der Waals surface area contributed by atoms with Gasteiger partial charge in [-0.2, -0.15) is 5.10 Å². The van der Waals surface area contributed by atoms with Gasteiger partial charge in [0.1, 0.15) is 5.69 Å². The Morgan fingerprint density at radius 3 is 2.93 bits per heavy atom. The van der Waals surface area contributed by atoms with Crippen molar-refractivity contribution in [3.63, 3.8) is 0 Å². The van der Waals surface area contributed by atoms with E-state index in [9.17, 15) is 4.79 Å². The predicted octanol–water partition coefficient (Wildman–Crippen LogP) is 0.139. The minimum Gasteiger partial charge on any atom is -0.340 e. The topological polar surface area (TPSA) is 75.0 Å². The number of H-pyrrole nitrogens is 1. The number of carbonyl (C=O) groups is 1. The summed E-state index contributed by atoms with van der Waals surface area (Å²) in [5.41, 5.74) is 6.71. The molecule has 5 heteroatoms. The lowest BCUT2D eigenvalue weighted by molar-refractivity contribution is 0.0788. The molecule has 1 aromatic heterocycles. The van der Waals surface area contributed by atoms with Gasteiger partial charge in [0.05, 0.1) is 0 Å². The first-order valence-electron chi connectivity index (χ1n) is 4.62. The van der Waals surface area contributed by atoms with Crippen molar-refractivity contribution in [2.45, 2.75) is 13.3 Å². The average molecular weight is 196 g/mol. The summed E-state index contributed by atoms with van der Waals surface area (Å²) in [4.78, 5) is 13.3. The van der Waals surface area contributed by atoms with Gasteiger partial charge in [-0.05, 0) is 26.0 Å². The molecule has 1 rings (SSSR count). The molecule has 1 aromatic rings. The molecule has 14 heavy (non-hydrogen) atoms. The maximum atomic E-state index is 11.7. The first-order valence-corrected chi connectivity index (χ1v) is 4.62. The van der Waals surface area contributed by atoms with E-state index in [2.05, 4.69) is 10.2 Å². The highest BCUT2D eigenvalue weighted by Gasteiger charge is 2.13. The second-order valence-corrected chi connectivity index (χ2v) is 3.31. The molecule has 0 bridgehead atoms. The second kappa shape index (κ2) is 4.76. The normalized spacial score (nSPS) is 10.2. The zero-order valence-electron chi connectivity index (χ0n) is 8.58. The van der Waals surface area contributed by atoms with Crippen molar-refractivity contribution in [3.8, 4) is 0 Å². The van der Waals surface area contributed by atoms with E-state index in [4.69, 9.17) is 5.73 Å². The smallest absolute Gasteiger partial charge is 0.274 e. The molecule has 0 aromatic carbocycles. The van der Waals surface area contributed by atoms with E-state index in [1.807, 2.05) is 6.92 Å². The van der Waals surface area contributed by atoms with Crippen LogP contribution < -0.4 is 5.73 Å². The Labute approximate surface area is 83.3 Å². The van der Waals surface area contributed by atoms with Crippen molar-refractivity contribution in [2.24, 2.45) is 5.73 Å². The van der Waals surface area contributed by atoms with E-state index >= 15 is 0 Å². The van der Waals surface area contributed by atoms with E-state index in [1.165, 1.54) is 0 Å². The van der Waals surface area contributed by atoms with Gasteiger partial charge in [-0.15, -0.1) is 0 Å². The number of amides is 1. The Morgan fingerprint density at radius 1 is 1.71 bits per heavy atom. The number of aromatic nitrogens is 2. The van der Waals surface area contributed by atoms with Crippen molar-refractivity contribution in [1.29, 1.82) is 0 Å². The molecule has 1 amide bonds. The molecule has 0 spiro atoms. The number of carbonyl (C=O) groups excluding carboxylic acids is 1. The van der Waals surface area contributed by atoms with E-state index in [-0.39, 0.29) is 5.91 Å². The first-order chi connectivity index (χ1) is 6.65. The van der Waals surface area contributed by atoms with E-state index in [0.717, 1.165) is 12.1 Å². The largest absolute Gasteiger partial charge is 0.340 e. The summed E-state index contributed by atoms with van der Waals surface area (Å²) in [5.74, 6) is -0.0669.